The second kappa shape index (κ2) is 12.7. The highest BCUT2D eigenvalue weighted by molar-refractivity contribution is 5.98. The van der Waals surface area contributed by atoms with Crippen LogP contribution in [0.1, 0.15) is 32.2 Å². The lowest BCUT2D eigenvalue weighted by molar-refractivity contribution is -0.147. The van der Waals surface area contributed by atoms with Crippen LogP contribution in [0.15, 0.2) is 106 Å². The smallest absolute Gasteiger partial charge is 0.339 e. The molecule has 0 aliphatic heterocycles. The normalized spacial score (nSPS) is 12.1. The summed E-state index contributed by atoms with van der Waals surface area (Å²) in [4.78, 5) is 52.4. The Bertz CT molecular complexity index is 1230. The fraction of sp³-hybridized carbons (Fsp3) is 0.143. The summed E-state index contributed by atoms with van der Waals surface area (Å²) in [5, 5.41) is 5.12. The van der Waals surface area contributed by atoms with Crippen LogP contribution < -0.4 is 10.6 Å². The summed E-state index contributed by atoms with van der Waals surface area (Å²) in [5.41, 5.74) is 0.279. The van der Waals surface area contributed by atoms with Crippen molar-refractivity contribution < 1.29 is 37.5 Å². The predicted molar refractivity (Wildman–Crippen MR) is 132 cm³/mol. The Hall–Kier alpha value is -5.12. The fourth-order valence-corrected chi connectivity index (χ4v) is 3.40. The summed E-state index contributed by atoms with van der Waals surface area (Å²) < 4.78 is 21.4. The molecule has 4 aromatic rings. The van der Waals surface area contributed by atoms with Crippen LogP contribution in [0, 0.1) is 0 Å². The SMILES string of the molecule is O=C(O[C@H](C(=O)NCc1ccco1)[C@@H](OC(=O)c1ccccc1)C(=O)NCc1ccco1)c1ccccc1. The van der Waals surface area contributed by atoms with E-state index in [9.17, 15) is 19.2 Å². The molecule has 10 nitrogen and oxygen atoms in total. The molecule has 2 amide bonds. The van der Waals surface area contributed by atoms with Crippen molar-refractivity contribution in [1.82, 2.24) is 10.6 Å². The number of carbonyl (C=O) groups is 4. The third kappa shape index (κ3) is 6.97. The van der Waals surface area contributed by atoms with E-state index in [2.05, 4.69) is 10.6 Å². The summed E-state index contributed by atoms with van der Waals surface area (Å²) >= 11 is 0. The van der Waals surface area contributed by atoms with E-state index in [1.54, 1.807) is 60.7 Å². The molecule has 0 saturated carbocycles. The topological polar surface area (TPSA) is 137 Å². The number of esters is 2. The molecule has 0 aliphatic carbocycles. The van der Waals surface area contributed by atoms with Crippen molar-refractivity contribution in [2.45, 2.75) is 25.3 Å². The zero-order valence-electron chi connectivity index (χ0n) is 20.1. The van der Waals surface area contributed by atoms with E-state index in [0.29, 0.717) is 11.5 Å². The Labute approximate surface area is 217 Å². The van der Waals surface area contributed by atoms with Gasteiger partial charge in [0.05, 0.1) is 36.7 Å². The van der Waals surface area contributed by atoms with Crippen LogP contribution in [0.2, 0.25) is 0 Å². The molecule has 0 spiro atoms. The van der Waals surface area contributed by atoms with Crippen molar-refractivity contribution in [3.8, 4) is 0 Å². The van der Waals surface area contributed by atoms with E-state index >= 15 is 0 Å². The van der Waals surface area contributed by atoms with Gasteiger partial charge in [-0.2, -0.15) is 0 Å². The number of furan rings is 2. The molecule has 0 aliphatic rings. The number of benzene rings is 2. The van der Waals surface area contributed by atoms with Gasteiger partial charge in [0.1, 0.15) is 11.5 Å². The van der Waals surface area contributed by atoms with Crippen molar-refractivity contribution in [3.63, 3.8) is 0 Å². The van der Waals surface area contributed by atoms with Gasteiger partial charge in [0, 0.05) is 0 Å². The molecule has 0 unspecified atom stereocenters. The Morgan fingerprint density at radius 1 is 0.579 bits per heavy atom. The largest absolute Gasteiger partial charge is 0.467 e. The van der Waals surface area contributed by atoms with Crippen molar-refractivity contribution in [2.24, 2.45) is 0 Å². The minimum absolute atomic E-state index is 0.0570. The molecule has 2 aromatic carbocycles. The first-order valence-electron chi connectivity index (χ1n) is 11.6. The molecule has 0 bridgehead atoms. The minimum atomic E-state index is -1.83. The highest BCUT2D eigenvalue weighted by Gasteiger charge is 2.40. The van der Waals surface area contributed by atoms with Crippen LogP contribution in [-0.4, -0.2) is 36.0 Å². The van der Waals surface area contributed by atoms with Gasteiger partial charge >= 0.3 is 11.9 Å². The molecule has 38 heavy (non-hydrogen) atoms. The average molecular weight is 517 g/mol. The van der Waals surface area contributed by atoms with E-state index in [0.717, 1.165) is 0 Å². The predicted octanol–water partition coefficient (Wildman–Crippen LogP) is 3.26. The summed E-state index contributed by atoms with van der Waals surface area (Å²) in [6, 6.07) is 22.4. The van der Waals surface area contributed by atoms with Crippen LogP contribution >= 0.6 is 0 Å². The molecule has 2 N–H and O–H groups in total. The van der Waals surface area contributed by atoms with E-state index in [1.807, 2.05) is 0 Å². The number of nitrogens with one attached hydrogen (secondary N) is 2. The van der Waals surface area contributed by atoms with Crippen molar-refractivity contribution >= 4 is 23.8 Å². The first-order valence-corrected chi connectivity index (χ1v) is 11.6. The lowest BCUT2D eigenvalue weighted by atomic mass is 10.1. The minimum Gasteiger partial charge on any atom is -0.467 e. The second-order valence-corrected chi connectivity index (χ2v) is 7.98. The van der Waals surface area contributed by atoms with Crippen LogP contribution in [0.5, 0.6) is 0 Å². The molecule has 2 atom stereocenters. The molecule has 0 radical (unpaired) electrons. The summed E-state index contributed by atoms with van der Waals surface area (Å²) in [6.45, 7) is -0.114. The van der Waals surface area contributed by atoms with E-state index in [-0.39, 0.29) is 24.2 Å². The zero-order chi connectivity index (χ0) is 26.7. The monoisotopic (exact) mass is 516 g/mol. The van der Waals surface area contributed by atoms with E-state index in [1.165, 1.54) is 36.8 Å². The van der Waals surface area contributed by atoms with Crippen molar-refractivity contribution in [1.29, 1.82) is 0 Å². The van der Waals surface area contributed by atoms with Gasteiger partial charge in [-0.05, 0) is 48.5 Å². The van der Waals surface area contributed by atoms with Gasteiger partial charge in [0.15, 0.2) is 0 Å². The Morgan fingerprint density at radius 2 is 0.974 bits per heavy atom. The summed E-state index contributed by atoms with van der Waals surface area (Å²) in [5.74, 6) is -2.67. The number of carbonyl (C=O) groups excluding carboxylic acids is 4. The molecule has 10 heteroatoms. The quantitative estimate of drug-likeness (QED) is 0.290. The number of amides is 2. The molecule has 0 fully saturated rings. The van der Waals surface area contributed by atoms with Gasteiger partial charge in [0.25, 0.3) is 11.8 Å². The Morgan fingerprint density at radius 3 is 1.32 bits per heavy atom. The van der Waals surface area contributed by atoms with Crippen molar-refractivity contribution in [3.05, 3.63) is 120 Å². The Balaban J connectivity index is 1.61. The average Bonchev–Trinajstić information content (AvgIpc) is 3.68. The van der Waals surface area contributed by atoms with Gasteiger partial charge in [-0.25, -0.2) is 9.59 Å². The molecular formula is C28H24N2O8. The van der Waals surface area contributed by atoms with Gasteiger partial charge in [-0.15, -0.1) is 0 Å². The van der Waals surface area contributed by atoms with Gasteiger partial charge < -0.3 is 28.9 Å². The lowest BCUT2D eigenvalue weighted by Crippen LogP contribution is -2.53. The van der Waals surface area contributed by atoms with Crippen LogP contribution in [-0.2, 0) is 32.2 Å². The first kappa shape index (κ1) is 26.0. The summed E-state index contributed by atoms with van der Waals surface area (Å²) in [6.07, 6.45) is -0.800. The summed E-state index contributed by atoms with van der Waals surface area (Å²) in [7, 11) is 0. The standard InChI is InChI=1S/C28H24N2O8/c31-25(29-17-21-13-7-15-35-21)23(37-27(33)19-9-3-1-4-10-19)24(26(32)30-18-22-14-8-16-36-22)38-28(34)20-11-5-2-6-12-20/h1-16,23-24H,17-18H2,(H,29,31)(H,30,32)/t23-,24+. The Kier molecular flexibility index (Phi) is 8.69. The number of hydrogen-bond donors (Lipinski definition) is 2. The maximum absolute atomic E-state index is 13.3. The van der Waals surface area contributed by atoms with Gasteiger partial charge in [-0.3, -0.25) is 9.59 Å². The lowest BCUT2D eigenvalue weighted by Gasteiger charge is -2.25. The molecular weight excluding hydrogens is 492 g/mol. The third-order valence-corrected chi connectivity index (χ3v) is 5.31. The first-order chi connectivity index (χ1) is 18.5. The molecule has 4 rings (SSSR count). The van der Waals surface area contributed by atoms with E-state index in [4.69, 9.17) is 18.3 Å². The molecule has 2 aromatic heterocycles. The second-order valence-electron chi connectivity index (χ2n) is 7.98. The van der Waals surface area contributed by atoms with Gasteiger partial charge in [-0.1, -0.05) is 36.4 Å². The zero-order valence-corrected chi connectivity index (χ0v) is 20.1. The van der Waals surface area contributed by atoms with Crippen molar-refractivity contribution in [2.75, 3.05) is 0 Å². The maximum atomic E-state index is 13.3. The molecule has 194 valence electrons. The van der Waals surface area contributed by atoms with E-state index < -0.39 is 36.0 Å². The highest BCUT2D eigenvalue weighted by atomic mass is 16.6. The number of ether oxygens (including phenoxy) is 2. The van der Waals surface area contributed by atoms with Crippen LogP contribution in [0.4, 0.5) is 0 Å². The number of hydrogen-bond acceptors (Lipinski definition) is 8. The van der Waals surface area contributed by atoms with Crippen LogP contribution in [0.3, 0.4) is 0 Å². The molecule has 2 heterocycles. The fourth-order valence-electron chi connectivity index (χ4n) is 3.40. The highest BCUT2D eigenvalue weighted by Crippen LogP contribution is 2.15. The maximum Gasteiger partial charge on any atom is 0.339 e. The molecule has 0 saturated heterocycles. The third-order valence-electron chi connectivity index (χ3n) is 5.31. The van der Waals surface area contributed by atoms with Crippen LogP contribution in [0.25, 0.3) is 0 Å². The van der Waals surface area contributed by atoms with Gasteiger partial charge in [0.2, 0.25) is 12.2 Å². The number of rotatable bonds is 11.